The first-order chi connectivity index (χ1) is 21.5. The SMILES string of the molecule is C[C@@H]1N(C(=O)OCOC(=O)COC(=O)c2cc(S(N)(=O)=O)c(Cl)cc2NCc2ccco2)C(C)(C)CO[C@@]1(O)c1cccc(Cl)c1. The minimum Gasteiger partial charge on any atom is -0.467 e. The molecular formula is C29H31Cl2N3O11S. The van der Waals surface area contributed by atoms with Crippen LogP contribution in [0.25, 0.3) is 0 Å². The number of nitrogens with zero attached hydrogens (tertiary/aromatic N) is 1. The number of carbonyl (C=O) groups is 3. The quantitative estimate of drug-likeness (QED) is 0.204. The lowest BCUT2D eigenvalue weighted by atomic mass is 9.90. The van der Waals surface area contributed by atoms with Gasteiger partial charge in [0.25, 0.3) is 0 Å². The summed E-state index contributed by atoms with van der Waals surface area (Å²) in [5, 5.41) is 19.6. The largest absolute Gasteiger partial charge is 0.467 e. The molecule has 14 nitrogen and oxygen atoms in total. The predicted molar refractivity (Wildman–Crippen MR) is 163 cm³/mol. The molecule has 1 saturated heterocycles. The number of benzene rings is 2. The molecule has 248 valence electrons. The van der Waals surface area contributed by atoms with Gasteiger partial charge in [-0.1, -0.05) is 35.3 Å². The highest BCUT2D eigenvalue weighted by Gasteiger charge is 2.53. The fourth-order valence-corrected chi connectivity index (χ4v) is 6.05. The van der Waals surface area contributed by atoms with E-state index in [4.69, 9.17) is 51.7 Å². The number of anilines is 1. The number of primary sulfonamides is 1. The van der Waals surface area contributed by atoms with Gasteiger partial charge in [-0.15, -0.1) is 0 Å². The number of sulfonamides is 1. The monoisotopic (exact) mass is 699 g/mol. The third-order valence-corrected chi connectivity index (χ3v) is 8.65. The van der Waals surface area contributed by atoms with Gasteiger partial charge in [0.05, 0.1) is 47.3 Å². The summed E-state index contributed by atoms with van der Waals surface area (Å²) < 4.78 is 50.1. The van der Waals surface area contributed by atoms with Crippen molar-refractivity contribution >= 4 is 56.9 Å². The number of furan rings is 1. The Morgan fingerprint density at radius 2 is 1.85 bits per heavy atom. The molecule has 1 aromatic heterocycles. The summed E-state index contributed by atoms with van der Waals surface area (Å²) in [7, 11) is -4.32. The zero-order chi connectivity index (χ0) is 33.9. The predicted octanol–water partition coefficient (Wildman–Crippen LogP) is 3.98. The summed E-state index contributed by atoms with van der Waals surface area (Å²) in [5.41, 5.74) is -0.834. The third kappa shape index (κ3) is 7.92. The van der Waals surface area contributed by atoms with Gasteiger partial charge in [0.2, 0.25) is 22.6 Å². The molecule has 0 radical (unpaired) electrons. The van der Waals surface area contributed by atoms with E-state index >= 15 is 0 Å². The summed E-state index contributed by atoms with van der Waals surface area (Å²) >= 11 is 12.2. The smallest absolute Gasteiger partial charge is 0.413 e. The van der Waals surface area contributed by atoms with Crippen molar-refractivity contribution in [2.45, 2.75) is 49.6 Å². The molecular weight excluding hydrogens is 669 g/mol. The van der Waals surface area contributed by atoms with Crippen LogP contribution in [0, 0.1) is 0 Å². The Kier molecular flexibility index (Phi) is 10.6. The minimum atomic E-state index is -4.32. The summed E-state index contributed by atoms with van der Waals surface area (Å²) in [6, 6.07) is 10.8. The van der Waals surface area contributed by atoms with Gasteiger partial charge in [-0.3, -0.25) is 4.90 Å². The molecule has 1 aliphatic heterocycles. The van der Waals surface area contributed by atoms with E-state index in [0.717, 1.165) is 6.07 Å². The Morgan fingerprint density at radius 1 is 1.11 bits per heavy atom. The third-order valence-electron chi connectivity index (χ3n) is 7.04. The highest BCUT2D eigenvalue weighted by Crippen LogP contribution is 2.40. The van der Waals surface area contributed by atoms with Crippen LogP contribution in [0.15, 0.2) is 64.1 Å². The van der Waals surface area contributed by atoms with Crippen LogP contribution < -0.4 is 10.5 Å². The van der Waals surface area contributed by atoms with Gasteiger partial charge in [0.1, 0.15) is 10.7 Å². The average molecular weight is 701 g/mol. The van der Waals surface area contributed by atoms with Gasteiger partial charge < -0.3 is 33.8 Å². The normalized spacial score (nSPS) is 19.3. The lowest BCUT2D eigenvalue weighted by Gasteiger charge is -2.52. The molecule has 0 bridgehead atoms. The van der Waals surface area contributed by atoms with Crippen molar-refractivity contribution in [3.63, 3.8) is 0 Å². The fourth-order valence-electron chi connectivity index (χ4n) is 4.76. The first-order valence-electron chi connectivity index (χ1n) is 13.6. The molecule has 0 spiro atoms. The van der Waals surface area contributed by atoms with Crippen molar-refractivity contribution in [3.8, 4) is 0 Å². The van der Waals surface area contributed by atoms with Crippen molar-refractivity contribution in [2.24, 2.45) is 5.14 Å². The fraction of sp³-hybridized carbons (Fsp3) is 0.345. The van der Waals surface area contributed by atoms with Crippen LogP contribution in [0.2, 0.25) is 10.0 Å². The Morgan fingerprint density at radius 3 is 2.50 bits per heavy atom. The maximum atomic E-state index is 13.1. The molecule has 1 fully saturated rings. The van der Waals surface area contributed by atoms with E-state index in [9.17, 15) is 27.9 Å². The molecule has 17 heteroatoms. The minimum absolute atomic E-state index is 0.0680. The number of amides is 1. The molecule has 2 aromatic carbocycles. The number of esters is 2. The Hall–Kier alpha value is -3.86. The van der Waals surface area contributed by atoms with Crippen LogP contribution >= 0.6 is 23.2 Å². The van der Waals surface area contributed by atoms with Crippen LogP contribution in [0.4, 0.5) is 10.5 Å². The number of carbonyl (C=O) groups excluding carboxylic acids is 3. The highest BCUT2D eigenvalue weighted by molar-refractivity contribution is 7.89. The first-order valence-corrected chi connectivity index (χ1v) is 15.9. The number of morpholine rings is 1. The van der Waals surface area contributed by atoms with Gasteiger partial charge in [0, 0.05) is 10.6 Å². The van der Waals surface area contributed by atoms with Crippen molar-refractivity contribution < 1.29 is 51.3 Å². The van der Waals surface area contributed by atoms with Crippen LogP contribution in [-0.4, -0.2) is 68.0 Å². The molecule has 3 aromatic rings. The van der Waals surface area contributed by atoms with Gasteiger partial charge >= 0.3 is 18.0 Å². The molecule has 1 aliphatic rings. The van der Waals surface area contributed by atoms with E-state index in [1.165, 1.54) is 23.3 Å². The Labute approximate surface area is 274 Å². The summed E-state index contributed by atoms with van der Waals surface area (Å²) in [6.07, 6.45) is 0.519. The summed E-state index contributed by atoms with van der Waals surface area (Å²) in [4.78, 5) is 39.1. The van der Waals surface area contributed by atoms with E-state index in [1.54, 1.807) is 51.1 Å². The van der Waals surface area contributed by atoms with Gasteiger partial charge in [-0.25, -0.2) is 27.9 Å². The number of aliphatic hydroxyl groups is 1. The second-order valence-corrected chi connectivity index (χ2v) is 13.2. The van der Waals surface area contributed by atoms with Crippen LogP contribution in [0.5, 0.6) is 0 Å². The highest BCUT2D eigenvalue weighted by atomic mass is 35.5. The number of hydrogen-bond acceptors (Lipinski definition) is 12. The molecule has 0 unspecified atom stereocenters. The van der Waals surface area contributed by atoms with Crippen molar-refractivity contribution in [1.82, 2.24) is 4.90 Å². The molecule has 1 amide bonds. The second-order valence-electron chi connectivity index (χ2n) is 10.8. The number of rotatable bonds is 10. The van der Waals surface area contributed by atoms with Crippen LogP contribution in [0.3, 0.4) is 0 Å². The Balaban J connectivity index is 1.37. The van der Waals surface area contributed by atoms with Gasteiger partial charge in [-0.05, 0) is 57.2 Å². The molecule has 46 heavy (non-hydrogen) atoms. The molecule has 2 atom stereocenters. The maximum absolute atomic E-state index is 13.1. The second kappa shape index (κ2) is 13.9. The maximum Gasteiger partial charge on any atom is 0.413 e. The van der Waals surface area contributed by atoms with Crippen LogP contribution in [0.1, 0.15) is 42.5 Å². The molecule has 4 N–H and O–H groups in total. The summed E-state index contributed by atoms with van der Waals surface area (Å²) in [6.45, 7) is 3.21. The number of halogens is 2. The lowest BCUT2D eigenvalue weighted by molar-refractivity contribution is -0.295. The number of ether oxygens (including phenoxy) is 4. The van der Waals surface area contributed by atoms with E-state index in [1.807, 2.05) is 0 Å². The molecule has 0 saturated carbocycles. The number of nitrogens with one attached hydrogen (secondary N) is 1. The number of hydrogen-bond donors (Lipinski definition) is 3. The van der Waals surface area contributed by atoms with E-state index in [-0.39, 0.29) is 29.4 Å². The van der Waals surface area contributed by atoms with E-state index < -0.39 is 63.7 Å². The zero-order valence-electron chi connectivity index (χ0n) is 24.8. The molecule has 0 aliphatic carbocycles. The van der Waals surface area contributed by atoms with Crippen molar-refractivity contribution in [1.29, 1.82) is 0 Å². The van der Waals surface area contributed by atoms with E-state index in [0.29, 0.717) is 16.3 Å². The lowest BCUT2D eigenvalue weighted by Crippen LogP contribution is -2.66. The Bertz CT molecular complexity index is 1720. The topological polar surface area (TPSA) is 197 Å². The van der Waals surface area contributed by atoms with Crippen molar-refractivity contribution in [2.75, 3.05) is 25.3 Å². The summed E-state index contributed by atoms with van der Waals surface area (Å²) in [5.74, 6) is -3.62. The number of nitrogens with two attached hydrogens (primary N) is 1. The first kappa shape index (κ1) is 35.0. The van der Waals surface area contributed by atoms with Gasteiger partial charge in [-0.2, -0.15) is 0 Å². The standard InChI is InChI=1S/C29H31Cl2N3O11S/c1-17-29(38,18-6-4-7-19(30)10-18)45-15-28(2,3)34(17)27(37)44-16-43-25(35)14-42-26(36)21-11-24(46(32,39)40)22(31)12-23(21)33-13-20-8-5-9-41-20/h4-12,17,33,38H,13-16H2,1-3H3,(H2,32,39,40)/t17-,29+/m0/s1. The molecule has 4 rings (SSSR count). The van der Waals surface area contributed by atoms with E-state index in [2.05, 4.69) is 5.32 Å². The molecule has 2 heterocycles. The van der Waals surface area contributed by atoms with Gasteiger partial charge in [0.15, 0.2) is 6.61 Å². The van der Waals surface area contributed by atoms with Crippen LogP contribution in [-0.2, 0) is 46.1 Å². The zero-order valence-corrected chi connectivity index (χ0v) is 27.1. The van der Waals surface area contributed by atoms with Crippen molar-refractivity contribution in [3.05, 3.63) is 81.7 Å². The average Bonchev–Trinajstić information content (AvgIpc) is 3.50.